The maximum absolute atomic E-state index is 12.9. The van der Waals surface area contributed by atoms with Gasteiger partial charge in [0.15, 0.2) is 0 Å². The highest BCUT2D eigenvalue weighted by atomic mass is 33.1. The lowest BCUT2D eigenvalue weighted by molar-refractivity contribution is -0.149. The third-order valence-corrected chi connectivity index (χ3v) is 13.2. The van der Waals surface area contributed by atoms with Gasteiger partial charge >= 0.3 is 11.9 Å². The zero-order valence-electron chi connectivity index (χ0n) is 23.7. The summed E-state index contributed by atoms with van der Waals surface area (Å²) >= 11 is 0. The van der Waals surface area contributed by atoms with E-state index >= 15 is 0 Å². The molecule has 0 saturated carbocycles. The Balaban J connectivity index is 1.80. The largest absolute Gasteiger partial charge is 0.480 e. The molecule has 2 rings (SSSR count). The van der Waals surface area contributed by atoms with Gasteiger partial charge in [0, 0.05) is 60.3 Å². The summed E-state index contributed by atoms with van der Waals surface area (Å²) < 4.78 is 0. The van der Waals surface area contributed by atoms with Gasteiger partial charge in [-0.2, -0.15) is 0 Å². The lowest BCUT2D eigenvalue weighted by Gasteiger charge is -2.25. The van der Waals surface area contributed by atoms with Crippen LogP contribution in [-0.2, 0) is 24.0 Å². The highest BCUT2D eigenvalue weighted by Gasteiger charge is 2.37. The Hall–Kier alpha value is -1.05. The summed E-state index contributed by atoms with van der Waals surface area (Å²) in [6.45, 7) is 6.60. The fourth-order valence-corrected chi connectivity index (χ4v) is 11.1. The minimum Gasteiger partial charge on any atom is -0.480 e. The number of ketones is 1. The Morgan fingerprint density at radius 2 is 1.27 bits per heavy atom. The van der Waals surface area contributed by atoms with Crippen LogP contribution >= 0.6 is 43.2 Å². The first-order valence-electron chi connectivity index (χ1n) is 14.2. The number of hydrogen-bond donors (Lipinski definition) is 2. The molecule has 13 heteroatoms. The first-order valence-corrected chi connectivity index (χ1v) is 19.0. The van der Waals surface area contributed by atoms with Gasteiger partial charge in [0.05, 0.1) is 0 Å². The molecule has 0 aliphatic carbocycles. The molecule has 228 valence electrons. The molecule has 0 spiro atoms. The van der Waals surface area contributed by atoms with E-state index in [1.165, 1.54) is 9.80 Å². The van der Waals surface area contributed by atoms with Gasteiger partial charge in [0.2, 0.25) is 11.8 Å². The van der Waals surface area contributed by atoms with Crippen molar-refractivity contribution in [3.8, 4) is 0 Å². The van der Waals surface area contributed by atoms with E-state index in [0.717, 1.165) is 37.9 Å². The molecule has 40 heavy (non-hydrogen) atoms. The number of aliphatic carboxylic acids is 2. The van der Waals surface area contributed by atoms with E-state index in [9.17, 15) is 34.2 Å². The molecule has 5 atom stereocenters. The van der Waals surface area contributed by atoms with Crippen LogP contribution in [0.2, 0.25) is 0 Å². The second kappa shape index (κ2) is 18.5. The molecule has 2 fully saturated rings. The van der Waals surface area contributed by atoms with Crippen LogP contribution < -0.4 is 0 Å². The number of carboxylic acid groups (broad SMARTS) is 2. The molecule has 2 aliphatic heterocycles. The second-order valence-corrected chi connectivity index (χ2v) is 15.8. The molecule has 2 amide bonds. The van der Waals surface area contributed by atoms with Gasteiger partial charge in [-0.3, -0.25) is 14.4 Å². The number of carboxylic acids is 2. The predicted octanol–water partition coefficient (Wildman–Crippen LogP) is 5.08. The van der Waals surface area contributed by atoms with Gasteiger partial charge in [-0.15, -0.1) is 0 Å². The van der Waals surface area contributed by atoms with Gasteiger partial charge in [-0.25, -0.2) is 9.59 Å². The molecule has 2 saturated heterocycles. The smallest absolute Gasteiger partial charge is 0.326 e. The van der Waals surface area contributed by atoms with Crippen LogP contribution in [0.1, 0.15) is 78.6 Å². The van der Waals surface area contributed by atoms with Crippen molar-refractivity contribution in [1.82, 2.24) is 9.80 Å². The van der Waals surface area contributed by atoms with Crippen molar-refractivity contribution in [2.45, 2.75) is 95.9 Å². The molecular formula is C27H44N2O7S4. The van der Waals surface area contributed by atoms with Gasteiger partial charge < -0.3 is 20.0 Å². The molecule has 0 aromatic rings. The number of hydrogen-bond acceptors (Lipinski definition) is 9. The first-order chi connectivity index (χ1) is 19.1. The molecule has 0 bridgehead atoms. The van der Waals surface area contributed by atoms with Gasteiger partial charge in [0.1, 0.15) is 17.9 Å². The third-order valence-electron chi connectivity index (χ3n) is 7.29. The average molecular weight is 637 g/mol. The number of unbranched alkanes of at least 4 members (excludes halogenated alkanes) is 1. The van der Waals surface area contributed by atoms with Crippen LogP contribution in [0.3, 0.4) is 0 Å². The van der Waals surface area contributed by atoms with Crippen molar-refractivity contribution >= 4 is 72.7 Å². The molecule has 2 N–H and O–H groups in total. The summed E-state index contributed by atoms with van der Waals surface area (Å²) in [4.78, 5) is 63.3. The Kier molecular flexibility index (Phi) is 16.2. The number of likely N-dealkylation sites (tertiary alicyclic amines) is 2. The minimum absolute atomic E-state index is 0.0955. The van der Waals surface area contributed by atoms with E-state index in [0.29, 0.717) is 55.5 Å². The van der Waals surface area contributed by atoms with Gasteiger partial charge in [0.25, 0.3) is 0 Å². The Bertz CT molecular complexity index is 878. The topological polar surface area (TPSA) is 132 Å². The lowest BCUT2D eigenvalue weighted by atomic mass is 10.1. The Labute approximate surface area is 253 Å². The highest BCUT2D eigenvalue weighted by molar-refractivity contribution is 8.78. The minimum atomic E-state index is -0.936. The van der Waals surface area contributed by atoms with Crippen molar-refractivity contribution in [3.05, 3.63) is 0 Å². The molecular weight excluding hydrogens is 593 g/mol. The average Bonchev–Trinajstić information content (AvgIpc) is 3.62. The summed E-state index contributed by atoms with van der Waals surface area (Å²) in [5, 5.41) is 19.1. The zero-order chi connectivity index (χ0) is 29.7. The summed E-state index contributed by atoms with van der Waals surface area (Å²) in [6, 6.07) is -1.42. The van der Waals surface area contributed by atoms with Crippen molar-refractivity contribution in [2.75, 3.05) is 30.3 Å². The van der Waals surface area contributed by atoms with Crippen LogP contribution in [0.4, 0.5) is 0 Å². The predicted molar refractivity (Wildman–Crippen MR) is 166 cm³/mol. The molecule has 9 nitrogen and oxygen atoms in total. The van der Waals surface area contributed by atoms with Gasteiger partial charge in [-0.1, -0.05) is 70.4 Å². The zero-order valence-corrected chi connectivity index (χ0v) is 27.0. The normalized spacial score (nSPS) is 21.3. The highest BCUT2D eigenvalue weighted by Crippen LogP contribution is 2.37. The number of carbonyl (C=O) groups is 5. The fourth-order valence-electron chi connectivity index (χ4n) is 4.83. The molecule has 2 heterocycles. The Morgan fingerprint density at radius 1 is 0.775 bits per heavy atom. The van der Waals surface area contributed by atoms with E-state index in [2.05, 4.69) is 0 Å². The van der Waals surface area contributed by atoms with E-state index in [4.69, 9.17) is 0 Å². The van der Waals surface area contributed by atoms with Crippen LogP contribution in [0.25, 0.3) is 0 Å². The van der Waals surface area contributed by atoms with Crippen molar-refractivity contribution in [3.63, 3.8) is 0 Å². The molecule has 0 aromatic heterocycles. The SMILES string of the molecule is CCC(=O)CCCCC(CSSCC(C)C(=O)N1CCCC1C(=O)O)SSCC(C)C(=O)N1CCCC1C(=O)O. The van der Waals surface area contributed by atoms with Crippen LogP contribution in [0, 0.1) is 11.8 Å². The number of nitrogens with zero attached hydrogens (tertiary/aromatic N) is 2. The fraction of sp³-hybridized carbons (Fsp3) is 0.815. The summed E-state index contributed by atoms with van der Waals surface area (Å²) in [5.74, 6) is -0.262. The van der Waals surface area contributed by atoms with Gasteiger partial charge in [-0.05, 0) is 38.5 Å². The van der Waals surface area contributed by atoms with Crippen LogP contribution in [0.5, 0.6) is 0 Å². The number of amides is 2. The lowest BCUT2D eigenvalue weighted by Crippen LogP contribution is -2.43. The first kappa shape index (κ1) is 35.1. The number of rotatable bonds is 19. The maximum atomic E-state index is 12.9. The van der Waals surface area contributed by atoms with Crippen molar-refractivity contribution in [1.29, 1.82) is 0 Å². The molecule has 2 aliphatic rings. The Morgan fingerprint density at radius 3 is 1.77 bits per heavy atom. The summed E-state index contributed by atoms with van der Waals surface area (Å²) in [6.07, 6.45) is 6.37. The van der Waals surface area contributed by atoms with E-state index in [1.807, 2.05) is 20.8 Å². The van der Waals surface area contributed by atoms with E-state index in [1.54, 1.807) is 43.2 Å². The molecule has 0 radical (unpaired) electrons. The summed E-state index contributed by atoms with van der Waals surface area (Å²) in [5.41, 5.74) is 0. The van der Waals surface area contributed by atoms with Crippen LogP contribution in [-0.4, -0.2) is 97.2 Å². The number of carbonyl (C=O) groups excluding carboxylic acids is 3. The standard InChI is InChI=1S/C27H44N2O7S4/c1-4-20(30)9-5-6-10-21(40-39-16-19(3)25(32)29-14-8-12-23(29)27(35)36)17-38-37-15-18(2)24(31)28-13-7-11-22(28)26(33)34/h18-19,21-23H,4-17H2,1-3H3,(H,33,34)(H,35,36). The summed E-state index contributed by atoms with van der Waals surface area (Å²) in [7, 11) is 6.71. The second-order valence-electron chi connectivity index (χ2n) is 10.6. The van der Waals surface area contributed by atoms with Crippen molar-refractivity contribution in [2.24, 2.45) is 11.8 Å². The van der Waals surface area contributed by atoms with E-state index in [-0.39, 0.29) is 29.4 Å². The number of Topliss-reactive ketones (excluding diaryl/α,β-unsaturated/α-hetero) is 1. The third kappa shape index (κ3) is 11.3. The maximum Gasteiger partial charge on any atom is 0.326 e. The monoisotopic (exact) mass is 636 g/mol. The quantitative estimate of drug-likeness (QED) is 0.145. The molecule has 5 unspecified atom stereocenters. The molecule has 0 aromatic carbocycles. The van der Waals surface area contributed by atoms with Crippen molar-refractivity contribution < 1.29 is 34.2 Å². The van der Waals surface area contributed by atoms with Crippen LogP contribution in [0.15, 0.2) is 0 Å². The van der Waals surface area contributed by atoms with E-state index < -0.39 is 24.0 Å².